The zero-order valence-electron chi connectivity index (χ0n) is 11.5. The quantitative estimate of drug-likeness (QED) is 0.698. The number of hydrogen-bond acceptors (Lipinski definition) is 2. The standard InChI is InChI=1S/C15H20N2O/c1-15(2,3)17-9-12-13(14(17)18)10-7-5-6-8-11(10)16(12)4/h5-8,12-13H,9H2,1-4H3. The van der Waals surface area contributed by atoms with Crippen LogP contribution in [0.3, 0.4) is 0 Å². The van der Waals surface area contributed by atoms with Crippen molar-refractivity contribution in [2.75, 3.05) is 18.5 Å². The number of carbonyl (C=O) groups excluding carboxylic acids is 1. The molecule has 0 aliphatic carbocycles. The van der Waals surface area contributed by atoms with Crippen molar-refractivity contribution in [1.82, 2.24) is 4.90 Å². The van der Waals surface area contributed by atoms with E-state index >= 15 is 0 Å². The average Bonchev–Trinajstić information content (AvgIpc) is 2.78. The number of fused-ring (bicyclic) bond motifs is 3. The van der Waals surface area contributed by atoms with Crippen LogP contribution in [-0.2, 0) is 4.79 Å². The second-order valence-electron chi connectivity index (χ2n) is 6.33. The number of nitrogens with zero attached hydrogens (tertiary/aromatic N) is 2. The number of rotatable bonds is 0. The van der Waals surface area contributed by atoms with Gasteiger partial charge in [-0.3, -0.25) is 4.79 Å². The first-order chi connectivity index (χ1) is 8.41. The minimum Gasteiger partial charge on any atom is -0.368 e. The SMILES string of the molecule is CN1c2ccccc2C2C(=O)N(C(C)(C)C)CC21. The van der Waals surface area contributed by atoms with Gasteiger partial charge in [0.05, 0.1) is 12.0 Å². The van der Waals surface area contributed by atoms with Crippen molar-refractivity contribution in [3.05, 3.63) is 29.8 Å². The summed E-state index contributed by atoms with van der Waals surface area (Å²) < 4.78 is 0. The van der Waals surface area contributed by atoms with Crippen LogP contribution in [0.1, 0.15) is 32.3 Å². The molecule has 96 valence electrons. The summed E-state index contributed by atoms with van der Waals surface area (Å²) in [5.74, 6) is 0.315. The average molecular weight is 244 g/mol. The molecule has 2 unspecified atom stereocenters. The molecule has 0 bridgehead atoms. The lowest BCUT2D eigenvalue weighted by atomic mass is 9.97. The topological polar surface area (TPSA) is 23.6 Å². The fraction of sp³-hybridized carbons (Fsp3) is 0.533. The van der Waals surface area contributed by atoms with Gasteiger partial charge in [-0.25, -0.2) is 0 Å². The van der Waals surface area contributed by atoms with Gasteiger partial charge in [-0.05, 0) is 32.4 Å². The number of anilines is 1. The number of likely N-dealkylation sites (N-methyl/N-ethyl adjacent to an activating group) is 1. The third kappa shape index (κ3) is 1.39. The van der Waals surface area contributed by atoms with Gasteiger partial charge in [0.15, 0.2) is 0 Å². The predicted molar refractivity (Wildman–Crippen MR) is 72.8 cm³/mol. The molecule has 2 heterocycles. The van der Waals surface area contributed by atoms with Crippen LogP contribution in [0.25, 0.3) is 0 Å². The highest BCUT2D eigenvalue weighted by molar-refractivity contribution is 5.92. The molecule has 0 N–H and O–H groups in total. The Morgan fingerprint density at radius 2 is 1.89 bits per heavy atom. The Morgan fingerprint density at radius 3 is 2.56 bits per heavy atom. The number of para-hydroxylation sites is 1. The molecule has 1 fully saturated rings. The first-order valence-electron chi connectivity index (χ1n) is 6.54. The van der Waals surface area contributed by atoms with Crippen molar-refractivity contribution in [2.24, 2.45) is 0 Å². The van der Waals surface area contributed by atoms with Gasteiger partial charge in [-0.15, -0.1) is 0 Å². The van der Waals surface area contributed by atoms with Crippen LogP contribution < -0.4 is 4.90 Å². The Bertz CT molecular complexity index is 503. The van der Waals surface area contributed by atoms with Crippen molar-refractivity contribution in [3.8, 4) is 0 Å². The normalized spacial score (nSPS) is 26.6. The van der Waals surface area contributed by atoms with Crippen molar-refractivity contribution in [2.45, 2.75) is 38.3 Å². The lowest BCUT2D eigenvalue weighted by Gasteiger charge is -2.33. The van der Waals surface area contributed by atoms with Crippen LogP contribution in [0.2, 0.25) is 0 Å². The first-order valence-corrected chi connectivity index (χ1v) is 6.54. The monoisotopic (exact) mass is 244 g/mol. The molecule has 0 saturated carbocycles. The van der Waals surface area contributed by atoms with Crippen molar-refractivity contribution >= 4 is 11.6 Å². The van der Waals surface area contributed by atoms with Crippen LogP contribution in [0.5, 0.6) is 0 Å². The maximum atomic E-state index is 12.6. The molecule has 1 amide bonds. The molecule has 2 aliphatic rings. The zero-order valence-corrected chi connectivity index (χ0v) is 11.5. The Labute approximate surface area is 108 Å². The van der Waals surface area contributed by atoms with Gasteiger partial charge in [0.2, 0.25) is 5.91 Å². The summed E-state index contributed by atoms with van der Waals surface area (Å²) in [7, 11) is 2.10. The van der Waals surface area contributed by atoms with E-state index in [-0.39, 0.29) is 17.4 Å². The van der Waals surface area contributed by atoms with Gasteiger partial charge in [-0.2, -0.15) is 0 Å². The van der Waals surface area contributed by atoms with Gasteiger partial charge >= 0.3 is 0 Å². The molecule has 0 spiro atoms. The van der Waals surface area contributed by atoms with Gasteiger partial charge in [-0.1, -0.05) is 18.2 Å². The largest absolute Gasteiger partial charge is 0.368 e. The second-order valence-corrected chi connectivity index (χ2v) is 6.33. The second kappa shape index (κ2) is 3.50. The summed E-state index contributed by atoms with van der Waals surface area (Å²) in [6, 6.07) is 8.59. The van der Waals surface area contributed by atoms with E-state index < -0.39 is 0 Å². The molecule has 3 nitrogen and oxygen atoms in total. The Hall–Kier alpha value is -1.51. The number of likely N-dealkylation sites (tertiary alicyclic amines) is 1. The van der Waals surface area contributed by atoms with E-state index in [9.17, 15) is 4.79 Å². The Morgan fingerprint density at radius 1 is 1.22 bits per heavy atom. The summed E-state index contributed by atoms with van der Waals surface area (Å²) in [5.41, 5.74) is 2.33. The molecule has 0 aromatic heterocycles. The molecule has 1 aromatic rings. The Balaban J connectivity index is 2.03. The molecule has 0 radical (unpaired) electrons. The maximum absolute atomic E-state index is 12.6. The van der Waals surface area contributed by atoms with E-state index in [0.717, 1.165) is 6.54 Å². The third-order valence-corrected chi connectivity index (χ3v) is 4.25. The predicted octanol–water partition coefficient (Wildman–Crippen LogP) is 2.23. The molecular formula is C15H20N2O. The number of amides is 1. The number of hydrogen-bond donors (Lipinski definition) is 0. The van der Waals surface area contributed by atoms with E-state index in [1.165, 1.54) is 11.3 Å². The van der Waals surface area contributed by atoms with E-state index in [2.05, 4.69) is 44.9 Å². The van der Waals surface area contributed by atoms with E-state index in [1.54, 1.807) is 0 Å². The molecule has 2 aliphatic heterocycles. The molecule has 3 heteroatoms. The van der Waals surface area contributed by atoms with E-state index in [0.29, 0.717) is 6.04 Å². The van der Waals surface area contributed by atoms with E-state index in [1.807, 2.05) is 17.0 Å². The third-order valence-electron chi connectivity index (χ3n) is 4.25. The van der Waals surface area contributed by atoms with Gasteiger partial charge < -0.3 is 9.80 Å². The van der Waals surface area contributed by atoms with E-state index in [4.69, 9.17) is 0 Å². The summed E-state index contributed by atoms with van der Waals surface area (Å²) in [5, 5.41) is 0. The zero-order chi connectivity index (χ0) is 13.1. The summed E-state index contributed by atoms with van der Waals surface area (Å²) in [6.07, 6.45) is 0. The van der Waals surface area contributed by atoms with Crippen molar-refractivity contribution in [1.29, 1.82) is 0 Å². The Kier molecular flexibility index (Phi) is 2.25. The smallest absolute Gasteiger partial charge is 0.232 e. The molecular weight excluding hydrogens is 224 g/mol. The molecule has 1 saturated heterocycles. The molecule has 1 aromatic carbocycles. The highest BCUT2D eigenvalue weighted by Gasteiger charge is 2.51. The minimum absolute atomic E-state index is 0.0328. The maximum Gasteiger partial charge on any atom is 0.232 e. The van der Waals surface area contributed by atoms with Gasteiger partial charge in [0.1, 0.15) is 0 Å². The number of carbonyl (C=O) groups is 1. The summed E-state index contributed by atoms with van der Waals surface area (Å²) in [6.45, 7) is 7.16. The fourth-order valence-corrected chi connectivity index (χ4v) is 3.26. The van der Waals surface area contributed by atoms with Crippen molar-refractivity contribution < 1.29 is 4.79 Å². The van der Waals surface area contributed by atoms with Gasteiger partial charge in [0.25, 0.3) is 0 Å². The lowest BCUT2D eigenvalue weighted by molar-refractivity contribution is -0.132. The van der Waals surface area contributed by atoms with Crippen LogP contribution >= 0.6 is 0 Å². The van der Waals surface area contributed by atoms with Crippen LogP contribution in [-0.4, -0.2) is 36.0 Å². The fourth-order valence-electron chi connectivity index (χ4n) is 3.26. The highest BCUT2D eigenvalue weighted by Crippen LogP contribution is 2.45. The molecule has 2 atom stereocenters. The minimum atomic E-state index is -0.0861. The van der Waals surface area contributed by atoms with Crippen LogP contribution in [0.15, 0.2) is 24.3 Å². The summed E-state index contributed by atoms with van der Waals surface area (Å²) in [4.78, 5) is 16.9. The number of benzene rings is 1. The summed E-state index contributed by atoms with van der Waals surface area (Å²) >= 11 is 0. The lowest BCUT2D eigenvalue weighted by Crippen LogP contribution is -2.44. The first kappa shape index (κ1) is 11.6. The van der Waals surface area contributed by atoms with Crippen LogP contribution in [0.4, 0.5) is 5.69 Å². The molecule has 3 rings (SSSR count). The van der Waals surface area contributed by atoms with Crippen LogP contribution in [0, 0.1) is 0 Å². The van der Waals surface area contributed by atoms with Crippen molar-refractivity contribution in [3.63, 3.8) is 0 Å². The van der Waals surface area contributed by atoms with Gasteiger partial charge in [0, 0.05) is 24.8 Å². The molecule has 18 heavy (non-hydrogen) atoms. The highest BCUT2D eigenvalue weighted by atomic mass is 16.2.